The minimum atomic E-state index is -0.109. The molecule has 0 amide bonds. The maximum absolute atomic E-state index is 12.7. The van der Waals surface area contributed by atoms with E-state index in [2.05, 4.69) is 41.2 Å². The summed E-state index contributed by atoms with van der Waals surface area (Å²) in [6, 6.07) is 13.8. The largest absolute Gasteiger partial charge is 0.497 e. The van der Waals surface area contributed by atoms with Crippen molar-refractivity contribution in [3.05, 3.63) is 69.5 Å². The summed E-state index contributed by atoms with van der Waals surface area (Å²) in [6.07, 6.45) is 0. The Morgan fingerprint density at radius 2 is 1.87 bits per heavy atom. The van der Waals surface area contributed by atoms with Crippen LogP contribution in [0.1, 0.15) is 16.7 Å². The van der Waals surface area contributed by atoms with Crippen LogP contribution in [0.25, 0.3) is 10.9 Å². The molecule has 1 aromatic heterocycles. The van der Waals surface area contributed by atoms with Crippen LogP contribution in [-0.4, -0.2) is 54.2 Å². The van der Waals surface area contributed by atoms with E-state index in [1.165, 1.54) is 5.56 Å². The van der Waals surface area contributed by atoms with E-state index in [9.17, 15) is 4.79 Å². The van der Waals surface area contributed by atoms with Crippen molar-refractivity contribution < 1.29 is 4.74 Å². The number of hydrogen-bond donors (Lipinski definition) is 2. The molecule has 6 nitrogen and oxygen atoms in total. The number of nitrogens with one attached hydrogen (secondary N) is 2. The number of fused-ring (bicyclic) bond motifs is 1. The molecular weight excluding hydrogens is 408 g/mol. The fraction of sp³-hybridized carbons (Fsp3) is 0.333. The Hall–Kier alpha value is -2.90. The summed E-state index contributed by atoms with van der Waals surface area (Å²) in [5, 5.41) is 4.88. The Labute approximate surface area is 188 Å². The van der Waals surface area contributed by atoms with Gasteiger partial charge in [-0.25, -0.2) is 0 Å². The zero-order valence-corrected chi connectivity index (χ0v) is 19.6. The van der Waals surface area contributed by atoms with Gasteiger partial charge in [-0.3, -0.25) is 4.79 Å². The molecule has 0 radical (unpaired) electrons. The number of pyridine rings is 1. The highest BCUT2D eigenvalue weighted by atomic mass is 32.1. The Morgan fingerprint density at radius 3 is 2.55 bits per heavy atom. The van der Waals surface area contributed by atoms with Crippen molar-refractivity contribution >= 4 is 33.9 Å². The number of hydrogen-bond acceptors (Lipinski definition) is 4. The van der Waals surface area contributed by atoms with E-state index in [0.717, 1.165) is 34.4 Å². The molecule has 2 aromatic carbocycles. The minimum Gasteiger partial charge on any atom is -0.497 e. The third-order valence-corrected chi connectivity index (χ3v) is 5.58. The lowest BCUT2D eigenvalue weighted by molar-refractivity contribution is 0.327. The first-order valence-corrected chi connectivity index (χ1v) is 10.7. The lowest BCUT2D eigenvalue weighted by Gasteiger charge is -2.27. The van der Waals surface area contributed by atoms with Gasteiger partial charge in [-0.1, -0.05) is 17.7 Å². The van der Waals surface area contributed by atoms with Crippen LogP contribution in [0.15, 0.2) is 47.3 Å². The molecule has 3 rings (SSSR count). The van der Waals surface area contributed by atoms with Crippen LogP contribution in [0.5, 0.6) is 5.75 Å². The lowest BCUT2D eigenvalue weighted by atomic mass is 10.1. The van der Waals surface area contributed by atoms with Gasteiger partial charge in [-0.2, -0.15) is 0 Å². The predicted octanol–water partition coefficient (Wildman–Crippen LogP) is 3.91. The monoisotopic (exact) mass is 438 g/mol. The van der Waals surface area contributed by atoms with Gasteiger partial charge in [0.25, 0.3) is 5.56 Å². The molecule has 31 heavy (non-hydrogen) atoms. The van der Waals surface area contributed by atoms with Crippen LogP contribution in [0.4, 0.5) is 5.69 Å². The van der Waals surface area contributed by atoms with Crippen molar-refractivity contribution in [3.8, 4) is 5.75 Å². The number of aromatic amines is 1. The molecule has 0 unspecified atom stereocenters. The molecule has 7 heteroatoms. The van der Waals surface area contributed by atoms with Gasteiger partial charge in [0.1, 0.15) is 5.75 Å². The first-order valence-electron chi connectivity index (χ1n) is 10.2. The molecule has 0 aliphatic rings. The van der Waals surface area contributed by atoms with Crippen molar-refractivity contribution in [2.75, 3.05) is 39.6 Å². The summed E-state index contributed by atoms with van der Waals surface area (Å²) in [5.41, 5.74) is 4.64. The summed E-state index contributed by atoms with van der Waals surface area (Å²) < 4.78 is 5.32. The van der Waals surface area contributed by atoms with E-state index in [1.807, 2.05) is 49.3 Å². The first kappa shape index (κ1) is 22.8. The Bertz CT molecular complexity index is 1140. The highest BCUT2D eigenvalue weighted by Gasteiger charge is 2.15. The van der Waals surface area contributed by atoms with E-state index in [1.54, 1.807) is 7.11 Å². The fourth-order valence-corrected chi connectivity index (χ4v) is 3.67. The lowest BCUT2D eigenvalue weighted by Crippen LogP contribution is -2.40. The smallest absolute Gasteiger partial charge is 0.253 e. The third kappa shape index (κ3) is 5.83. The van der Waals surface area contributed by atoms with Crippen molar-refractivity contribution in [2.45, 2.75) is 20.4 Å². The van der Waals surface area contributed by atoms with Gasteiger partial charge < -0.3 is 24.8 Å². The van der Waals surface area contributed by atoms with Crippen molar-refractivity contribution in [3.63, 3.8) is 0 Å². The highest BCUT2D eigenvalue weighted by Crippen LogP contribution is 2.20. The van der Waals surface area contributed by atoms with E-state index in [-0.39, 0.29) is 5.56 Å². The molecule has 1 heterocycles. The number of ether oxygens (including phenoxy) is 1. The van der Waals surface area contributed by atoms with Crippen molar-refractivity contribution in [1.82, 2.24) is 14.8 Å². The van der Waals surface area contributed by atoms with Gasteiger partial charge in [0.05, 0.1) is 13.7 Å². The summed E-state index contributed by atoms with van der Waals surface area (Å²) >= 11 is 5.74. The average Bonchev–Trinajstić information content (AvgIpc) is 2.72. The SMILES string of the molecule is COc1ccc2[nH]c(=O)c(CN(CCN(C)C)C(=S)Nc3ccc(C)cc3C)cc2c1. The maximum Gasteiger partial charge on any atom is 0.253 e. The average molecular weight is 439 g/mol. The number of aromatic nitrogens is 1. The number of rotatable bonds is 7. The molecule has 0 aliphatic heterocycles. The van der Waals surface area contributed by atoms with Gasteiger partial charge in [0.15, 0.2) is 5.11 Å². The fourth-order valence-electron chi connectivity index (χ4n) is 3.40. The topological polar surface area (TPSA) is 60.6 Å². The van der Waals surface area contributed by atoms with Crippen LogP contribution in [0.2, 0.25) is 0 Å². The maximum atomic E-state index is 12.7. The number of likely N-dealkylation sites (N-methyl/N-ethyl adjacent to an activating group) is 1. The molecule has 3 aromatic rings. The Morgan fingerprint density at radius 1 is 1.10 bits per heavy atom. The molecule has 0 saturated heterocycles. The second-order valence-corrected chi connectivity index (χ2v) is 8.44. The van der Waals surface area contributed by atoms with Crippen LogP contribution >= 0.6 is 12.2 Å². The second kappa shape index (κ2) is 9.94. The van der Waals surface area contributed by atoms with Crippen LogP contribution in [-0.2, 0) is 6.54 Å². The number of H-pyrrole nitrogens is 1. The highest BCUT2D eigenvalue weighted by molar-refractivity contribution is 7.80. The number of nitrogens with zero attached hydrogens (tertiary/aromatic N) is 2. The number of thiocarbonyl (C=S) groups is 1. The molecule has 0 saturated carbocycles. The van der Waals surface area contributed by atoms with Crippen molar-refractivity contribution in [2.24, 2.45) is 0 Å². The normalized spacial score (nSPS) is 11.0. The van der Waals surface area contributed by atoms with E-state index < -0.39 is 0 Å². The van der Waals surface area contributed by atoms with Gasteiger partial charge in [-0.15, -0.1) is 0 Å². The zero-order valence-electron chi connectivity index (χ0n) is 18.8. The summed E-state index contributed by atoms with van der Waals surface area (Å²) in [4.78, 5) is 19.9. The molecule has 0 aliphatic carbocycles. The van der Waals surface area contributed by atoms with Gasteiger partial charge in [0, 0.05) is 35.2 Å². The van der Waals surface area contributed by atoms with E-state index in [0.29, 0.717) is 23.8 Å². The summed E-state index contributed by atoms with van der Waals surface area (Å²) in [7, 11) is 5.68. The van der Waals surface area contributed by atoms with Crippen LogP contribution in [0, 0.1) is 13.8 Å². The number of aryl methyl sites for hydroxylation is 2. The summed E-state index contributed by atoms with van der Waals surface area (Å²) in [5.74, 6) is 0.752. The van der Waals surface area contributed by atoms with Crippen molar-refractivity contribution in [1.29, 1.82) is 0 Å². The standard InChI is InChI=1S/C24H30N4O2S/c1-16-6-8-21(17(2)12-16)26-24(31)28(11-10-27(3)4)15-19-13-18-14-20(30-5)7-9-22(18)25-23(19)29/h6-9,12-14H,10-11,15H2,1-5H3,(H,25,29)(H,26,31). The second-order valence-electron chi connectivity index (χ2n) is 8.05. The Balaban J connectivity index is 1.88. The number of benzene rings is 2. The molecule has 0 spiro atoms. The third-order valence-electron chi connectivity index (χ3n) is 5.22. The van der Waals surface area contributed by atoms with Crippen LogP contribution in [0.3, 0.4) is 0 Å². The first-order chi connectivity index (χ1) is 14.8. The number of methoxy groups -OCH3 is 1. The minimum absolute atomic E-state index is 0.109. The molecule has 164 valence electrons. The molecule has 0 bridgehead atoms. The quantitative estimate of drug-likeness (QED) is 0.546. The number of anilines is 1. The molecular formula is C24H30N4O2S. The molecule has 0 fully saturated rings. The predicted molar refractivity (Wildman–Crippen MR) is 132 cm³/mol. The van der Waals surface area contributed by atoms with Crippen LogP contribution < -0.4 is 15.6 Å². The van der Waals surface area contributed by atoms with Gasteiger partial charge in [0.2, 0.25) is 0 Å². The summed E-state index contributed by atoms with van der Waals surface area (Å²) in [6.45, 7) is 6.05. The molecule has 2 N–H and O–H groups in total. The zero-order chi connectivity index (χ0) is 22.5. The molecule has 0 atom stereocenters. The van der Waals surface area contributed by atoms with Gasteiger partial charge in [-0.05, 0) is 76.1 Å². The Kier molecular flexibility index (Phi) is 7.30. The van der Waals surface area contributed by atoms with Gasteiger partial charge >= 0.3 is 0 Å². The van der Waals surface area contributed by atoms with E-state index >= 15 is 0 Å². The van der Waals surface area contributed by atoms with E-state index in [4.69, 9.17) is 17.0 Å².